The van der Waals surface area contributed by atoms with E-state index in [1.54, 1.807) is 60.8 Å². The van der Waals surface area contributed by atoms with Crippen molar-refractivity contribution in [3.8, 4) is 11.5 Å². The second-order valence-electron chi connectivity index (χ2n) is 12.4. The molecule has 13 nitrogen and oxygen atoms in total. The number of pyridine rings is 1. The number of anilines is 2. The van der Waals surface area contributed by atoms with Crippen LogP contribution in [0, 0.1) is 12.3 Å². The number of methoxy groups -OCH3 is 1. The van der Waals surface area contributed by atoms with Gasteiger partial charge in [0, 0.05) is 36.6 Å². The predicted molar refractivity (Wildman–Crippen MR) is 204 cm³/mol. The van der Waals surface area contributed by atoms with E-state index >= 15 is 0 Å². The largest absolute Gasteiger partial charge is 0.493 e. The number of carbonyl (C=O) groups is 3. The van der Waals surface area contributed by atoms with Gasteiger partial charge in [0.15, 0.2) is 11.5 Å². The molecule has 5 rings (SSSR count). The molecule has 0 radical (unpaired) electrons. The summed E-state index contributed by atoms with van der Waals surface area (Å²) in [7, 11) is 3.41. The highest BCUT2D eigenvalue weighted by Crippen LogP contribution is 2.28. The van der Waals surface area contributed by atoms with E-state index in [2.05, 4.69) is 22.5 Å². The smallest absolute Gasteiger partial charge is 0.412 e. The highest BCUT2D eigenvalue weighted by molar-refractivity contribution is 6.07. The number of nitrogens with zero attached hydrogens (tertiary/aromatic N) is 4. The average Bonchev–Trinajstić information content (AvgIpc) is 3.48. The molecule has 2 aromatic heterocycles. The van der Waals surface area contributed by atoms with Crippen molar-refractivity contribution in [1.82, 2.24) is 19.9 Å². The van der Waals surface area contributed by atoms with Crippen molar-refractivity contribution in [3.05, 3.63) is 108 Å². The van der Waals surface area contributed by atoms with Crippen molar-refractivity contribution < 1.29 is 28.6 Å². The Balaban J connectivity index is 1.22. The van der Waals surface area contributed by atoms with Crippen molar-refractivity contribution >= 4 is 46.3 Å². The molecule has 0 spiro atoms. The number of nitrogens with one attached hydrogen (secondary N) is 3. The maximum absolute atomic E-state index is 13.9. The summed E-state index contributed by atoms with van der Waals surface area (Å²) in [6, 6.07) is 23.0. The number of unbranched alkanes of at least 4 members (excludes halogenated alkanes) is 3. The second-order valence-corrected chi connectivity index (χ2v) is 12.4. The number of benzene rings is 3. The summed E-state index contributed by atoms with van der Waals surface area (Å²) in [5.74, 6) is 1.00. The van der Waals surface area contributed by atoms with Crippen LogP contribution in [0.5, 0.6) is 11.5 Å². The van der Waals surface area contributed by atoms with Gasteiger partial charge in [0.05, 0.1) is 37.7 Å². The molecule has 0 saturated heterocycles. The van der Waals surface area contributed by atoms with Crippen molar-refractivity contribution in [1.29, 1.82) is 5.41 Å². The first-order valence-electron chi connectivity index (χ1n) is 17.6. The second kappa shape index (κ2) is 18.3. The van der Waals surface area contributed by atoms with Crippen molar-refractivity contribution in [3.63, 3.8) is 0 Å². The quantitative estimate of drug-likeness (QED) is 0.0316. The minimum Gasteiger partial charge on any atom is -0.493 e. The van der Waals surface area contributed by atoms with Crippen molar-refractivity contribution in [2.75, 3.05) is 30.5 Å². The van der Waals surface area contributed by atoms with Gasteiger partial charge in [-0.2, -0.15) is 0 Å². The third kappa shape index (κ3) is 10.2. The van der Waals surface area contributed by atoms with Crippen LogP contribution < -0.4 is 25.0 Å². The number of fused-ring (bicyclic) bond motifs is 1. The number of hydrogen-bond acceptors (Lipinski definition) is 10. The number of aryl methyl sites for hydroxylation is 2. The number of esters is 1. The Morgan fingerprint density at radius 3 is 2.45 bits per heavy atom. The minimum absolute atomic E-state index is 0.0375. The number of carbonyl (C=O) groups excluding carboxylic acids is 3. The van der Waals surface area contributed by atoms with Crippen LogP contribution in [0.4, 0.5) is 16.3 Å². The molecule has 13 heteroatoms. The SMILES string of the molecule is CCCCCCOC(=O)NC(=N)c1ccc(NCc2nc3cc(C(=O)N(CCC(=O)Oc4cc(C)ccc4OC)c4ccccn4)ccc3n2C)cc1. The molecule has 3 N–H and O–H groups in total. The molecular weight excluding hydrogens is 674 g/mol. The van der Waals surface area contributed by atoms with E-state index in [0.717, 1.165) is 48.3 Å². The van der Waals surface area contributed by atoms with Gasteiger partial charge in [-0.3, -0.25) is 25.2 Å². The topological polar surface area (TPSA) is 161 Å². The molecule has 5 aromatic rings. The molecule has 0 saturated carbocycles. The van der Waals surface area contributed by atoms with Gasteiger partial charge in [0.2, 0.25) is 0 Å². The number of amidine groups is 1. The Morgan fingerprint density at radius 1 is 0.925 bits per heavy atom. The van der Waals surface area contributed by atoms with Gasteiger partial charge >= 0.3 is 12.1 Å². The summed E-state index contributed by atoms with van der Waals surface area (Å²) in [4.78, 5) is 49.5. The van der Waals surface area contributed by atoms with E-state index in [1.165, 1.54) is 12.0 Å². The van der Waals surface area contributed by atoms with Gasteiger partial charge in [0.1, 0.15) is 17.5 Å². The molecule has 0 aliphatic carbocycles. The Bertz CT molecular complexity index is 2050. The van der Waals surface area contributed by atoms with Crippen LogP contribution in [0.15, 0.2) is 85.1 Å². The van der Waals surface area contributed by atoms with Crippen LogP contribution in [0.1, 0.15) is 66.3 Å². The fourth-order valence-electron chi connectivity index (χ4n) is 5.61. The molecule has 0 atom stereocenters. The highest BCUT2D eigenvalue weighted by atomic mass is 16.6. The number of imidazole rings is 1. The lowest BCUT2D eigenvalue weighted by molar-refractivity contribution is -0.134. The first-order valence-corrected chi connectivity index (χ1v) is 17.6. The standard InChI is InChI=1S/C40H45N7O6/c1-5-6-7-10-23-52-40(50)45-38(41)28-13-16-30(17-14-28)43-26-36-44-31-25-29(15-18-32(31)46(36)3)39(49)47(35-11-8-9-21-42-35)22-20-37(48)53-34-24-27(2)12-19-33(34)51-4/h8-9,11-19,21,24-25,43H,5-7,10,20,22-23,26H2,1-4H3,(H2,41,45,50). The first kappa shape index (κ1) is 38.0. The van der Waals surface area contributed by atoms with Gasteiger partial charge in [0.25, 0.3) is 5.91 Å². The zero-order chi connectivity index (χ0) is 37.7. The zero-order valence-corrected chi connectivity index (χ0v) is 30.5. The molecule has 0 aliphatic rings. The molecule has 0 aliphatic heterocycles. The Morgan fingerprint density at radius 2 is 1.72 bits per heavy atom. The maximum atomic E-state index is 13.9. The van der Waals surface area contributed by atoms with E-state index in [-0.39, 0.29) is 24.7 Å². The Labute approximate surface area is 308 Å². The summed E-state index contributed by atoms with van der Waals surface area (Å²) in [5, 5.41) is 14.0. The van der Waals surface area contributed by atoms with Crippen molar-refractivity contribution in [2.24, 2.45) is 7.05 Å². The van der Waals surface area contributed by atoms with Gasteiger partial charge in [-0.05, 0) is 85.6 Å². The summed E-state index contributed by atoms with van der Waals surface area (Å²) in [6.45, 7) is 4.77. The van der Waals surface area contributed by atoms with E-state index in [4.69, 9.17) is 24.6 Å². The lowest BCUT2D eigenvalue weighted by Crippen LogP contribution is -2.34. The molecular formula is C40H45N7O6. The predicted octanol–water partition coefficient (Wildman–Crippen LogP) is 7.17. The third-order valence-electron chi connectivity index (χ3n) is 8.56. The van der Waals surface area contributed by atoms with Crippen LogP contribution >= 0.6 is 0 Å². The fraction of sp³-hybridized carbons (Fsp3) is 0.300. The van der Waals surface area contributed by atoms with E-state index in [1.807, 2.05) is 42.8 Å². The van der Waals surface area contributed by atoms with E-state index in [9.17, 15) is 14.4 Å². The maximum Gasteiger partial charge on any atom is 0.412 e. The molecule has 0 fully saturated rings. The van der Waals surface area contributed by atoms with Gasteiger partial charge in [-0.15, -0.1) is 0 Å². The summed E-state index contributed by atoms with van der Waals surface area (Å²) >= 11 is 0. The fourth-order valence-corrected chi connectivity index (χ4v) is 5.61. The number of amides is 2. The molecule has 2 heterocycles. The molecule has 0 unspecified atom stereocenters. The lowest BCUT2D eigenvalue weighted by atomic mass is 10.1. The first-order chi connectivity index (χ1) is 25.7. The number of aromatic nitrogens is 3. The number of hydrogen-bond donors (Lipinski definition) is 3. The minimum atomic E-state index is -0.634. The van der Waals surface area contributed by atoms with Crippen LogP contribution in [-0.4, -0.2) is 58.6 Å². The molecule has 276 valence electrons. The van der Waals surface area contributed by atoms with Crippen molar-refractivity contribution in [2.45, 2.75) is 52.5 Å². The summed E-state index contributed by atoms with van der Waals surface area (Å²) in [5.41, 5.74) is 4.12. The Kier molecular flexibility index (Phi) is 13.1. The van der Waals surface area contributed by atoms with Gasteiger partial charge in [-0.25, -0.2) is 14.8 Å². The average molecular weight is 720 g/mol. The van der Waals surface area contributed by atoms with E-state index < -0.39 is 12.1 Å². The third-order valence-corrected chi connectivity index (χ3v) is 8.56. The van der Waals surface area contributed by atoms with Gasteiger partial charge in [-0.1, -0.05) is 38.3 Å². The molecule has 0 bridgehead atoms. The lowest BCUT2D eigenvalue weighted by Gasteiger charge is -2.21. The zero-order valence-electron chi connectivity index (χ0n) is 30.5. The van der Waals surface area contributed by atoms with Gasteiger partial charge < -0.3 is 24.1 Å². The van der Waals surface area contributed by atoms with Crippen LogP contribution in [0.3, 0.4) is 0 Å². The number of rotatable bonds is 16. The number of alkyl carbamates (subject to hydrolysis) is 1. The highest BCUT2D eigenvalue weighted by Gasteiger charge is 2.22. The monoisotopic (exact) mass is 719 g/mol. The Hall–Kier alpha value is -6.24. The molecule has 3 aromatic carbocycles. The van der Waals surface area contributed by atoms with Crippen LogP contribution in [0.25, 0.3) is 11.0 Å². The van der Waals surface area contributed by atoms with Crippen LogP contribution in [0.2, 0.25) is 0 Å². The molecule has 2 amide bonds. The van der Waals surface area contributed by atoms with Crippen LogP contribution in [-0.2, 0) is 23.1 Å². The summed E-state index contributed by atoms with van der Waals surface area (Å²) < 4.78 is 18.0. The molecule has 53 heavy (non-hydrogen) atoms. The van der Waals surface area contributed by atoms with E-state index in [0.29, 0.717) is 47.1 Å². The summed E-state index contributed by atoms with van der Waals surface area (Å²) in [6.07, 6.45) is 4.89. The normalized spacial score (nSPS) is 10.8. The number of ether oxygens (including phenoxy) is 3.